The van der Waals surface area contributed by atoms with Gasteiger partial charge in [-0.15, -0.1) is 11.3 Å². The molecule has 1 atom stereocenters. The van der Waals surface area contributed by atoms with Crippen molar-refractivity contribution in [3.05, 3.63) is 76.2 Å². The van der Waals surface area contributed by atoms with Crippen LogP contribution in [0.4, 0.5) is 21.0 Å². The van der Waals surface area contributed by atoms with Crippen LogP contribution in [0.5, 0.6) is 0 Å². The summed E-state index contributed by atoms with van der Waals surface area (Å²) in [5, 5.41) is 14.8. The molecule has 0 aliphatic rings. The number of thiophene rings is 1. The van der Waals surface area contributed by atoms with Crippen LogP contribution >= 0.6 is 11.3 Å². The number of hydrogen-bond donors (Lipinski definition) is 4. The summed E-state index contributed by atoms with van der Waals surface area (Å²) >= 11 is 1.33. The quantitative estimate of drug-likeness (QED) is 0.250. The van der Waals surface area contributed by atoms with Gasteiger partial charge in [-0.2, -0.15) is 0 Å². The van der Waals surface area contributed by atoms with E-state index in [1.807, 2.05) is 49.3 Å². The Labute approximate surface area is 239 Å². The number of amides is 4. The average Bonchev–Trinajstić information content (AvgIpc) is 3.32. The van der Waals surface area contributed by atoms with Crippen LogP contribution in [0.1, 0.15) is 54.8 Å². The van der Waals surface area contributed by atoms with Crippen molar-refractivity contribution in [2.75, 3.05) is 37.8 Å². The Balaban J connectivity index is 1.60. The molecule has 40 heavy (non-hydrogen) atoms. The minimum absolute atomic E-state index is 0.205. The van der Waals surface area contributed by atoms with E-state index in [0.29, 0.717) is 24.3 Å². The lowest BCUT2D eigenvalue weighted by molar-refractivity contribution is 0.0635. The number of carbonyl (C=O) groups excluding carboxylic acids is 3. The molecule has 0 saturated heterocycles. The normalized spacial score (nSPS) is 11.9. The van der Waals surface area contributed by atoms with Crippen LogP contribution in [-0.4, -0.2) is 60.7 Å². The number of rotatable bonds is 11. The Hall–Kier alpha value is -3.96. The fourth-order valence-corrected chi connectivity index (χ4v) is 4.43. The van der Waals surface area contributed by atoms with Crippen molar-refractivity contribution < 1.29 is 19.1 Å². The maximum absolute atomic E-state index is 12.9. The van der Waals surface area contributed by atoms with Gasteiger partial charge in [0.05, 0.1) is 17.4 Å². The first kappa shape index (κ1) is 30.6. The monoisotopic (exact) mass is 566 g/mol. The summed E-state index contributed by atoms with van der Waals surface area (Å²) in [6.07, 6.45) is 2.40. The highest BCUT2D eigenvalue weighted by atomic mass is 32.1. The minimum atomic E-state index is -0.642. The molecule has 2 aromatic heterocycles. The van der Waals surface area contributed by atoms with Crippen molar-refractivity contribution >= 4 is 40.7 Å². The Morgan fingerprint density at radius 1 is 1.00 bits per heavy atom. The third-order valence-electron chi connectivity index (χ3n) is 5.68. The van der Waals surface area contributed by atoms with Gasteiger partial charge in [0.15, 0.2) is 0 Å². The number of carbonyl (C=O) groups is 3. The largest absolute Gasteiger partial charge is 0.444 e. The molecule has 1 aromatic carbocycles. The molecule has 0 radical (unpaired) electrons. The predicted octanol–water partition coefficient (Wildman–Crippen LogP) is 5.28. The van der Waals surface area contributed by atoms with Crippen molar-refractivity contribution in [3.8, 4) is 0 Å². The Bertz CT molecular complexity index is 1260. The highest BCUT2D eigenvalue weighted by molar-refractivity contribution is 7.09. The third kappa shape index (κ3) is 10.3. The molecule has 214 valence electrons. The molecule has 0 saturated carbocycles. The summed E-state index contributed by atoms with van der Waals surface area (Å²) in [4.78, 5) is 44.1. The van der Waals surface area contributed by atoms with E-state index in [4.69, 9.17) is 4.74 Å². The molecule has 2 heterocycles. The van der Waals surface area contributed by atoms with Gasteiger partial charge in [-0.3, -0.25) is 15.1 Å². The molecule has 0 spiro atoms. The molecule has 4 amide bonds. The van der Waals surface area contributed by atoms with Gasteiger partial charge >= 0.3 is 12.1 Å². The predicted molar refractivity (Wildman–Crippen MR) is 159 cm³/mol. The molecule has 10 nitrogen and oxygen atoms in total. The average molecular weight is 567 g/mol. The number of anilines is 2. The Morgan fingerprint density at radius 3 is 2.33 bits per heavy atom. The van der Waals surface area contributed by atoms with Crippen molar-refractivity contribution in [3.63, 3.8) is 0 Å². The van der Waals surface area contributed by atoms with Crippen LogP contribution in [0.3, 0.4) is 0 Å². The van der Waals surface area contributed by atoms with Gasteiger partial charge in [0.2, 0.25) is 0 Å². The van der Waals surface area contributed by atoms with E-state index in [1.54, 1.807) is 49.9 Å². The van der Waals surface area contributed by atoms with Crippen molar-refractivity contribution in [1.29, 1.82) is 0 Å². The highest BCUT2D eigenvalue weighted by Gasteiger charge is 2.20. The molecule has 1 unspecified atom stereocenters. The van der Waals surface area contributed by atoms with Crippen molar-refractivity contribution in [2.45, 2.75) is 45.3 Å². The first-order valence-corrected chi connectivity index (χ1v) is 14.0. The number of ether oxygens (including phenoxy) is 1. The topological polar surface area (TPSA) is 125 Å². The lowest BCUT2D eigenvalue weighted by Gasteiger charge is -2.21. The first-order valence-electron chi connectivity index (χ1n) is 13.1. The van der Waals surface area contributed by atoms with Crippen LogP contribution in [0.2, 0.25) is 0 Å². The SMILES string of the molecule is CN(C)CCC(NC(=O)NCCc1ccccc1)c1ccc(C(=O)Nc2cscc2NC(=O)OC(C)(C)C)nc1. The van der Waals surface area contributed by atoms with Gasteiger partial charge in [0.25, 0.3) is 5.91 Å². The molecule has 0 bridgehead atoms. The Kier molecular flexibility index (Phi) is 11.0. The van der Waals surface area contributed by atoms with Gasteiger partial charge in [-0.1, -0.05) is 36.4 Å². The van der Waals surface area contributed by atoms with E-state index in [0.717, 1.165) is 24.1 Å². The maximum Gasteiger partial charge on any atom is 0.412 e. The number of benzene rings is 1. The fraction of sp³-hybridized carbons (Fsp3) is 0.379. The number of nitrogens with zero attached hydrogens (tertiary/aromatic N) is 2. The van der Waals surface area contributed by atoms with E-state index in [1.165, 1.54) is 11.3 Å². The van der Waals surface area contributed by atoms with E-state index in [2.05, 4.69) is 26.3 Å². The summed E-state index contributed by atoms with van der Waals surface area (Å²) < 4.78 is 5.29. The molecular weight excluding hydrogens is 528 g/mol. The second-order valence-corrected chi connectivity index (χ2v) is 11.3. The summed E-state index contributed by atoms with van der Waals surface area (Å²) in [5.74, 6) is -0.423. The van der Waals surface area contributed by atoms with Gasteiger partial charge < -0.3 is 25.6 Å². The van der Waals surface area contributed by atoms with E-state index >= 15 is 0 Å². The zero-order chi connectivity index (χ0) is 29.1. The zero-order valence-electron chi connectivity index (χ0n) is 23.6. The number of aromatic nitrogens is 1. The van der Waals surface area contributed by atoms with Gasteiger partial charge in [-0.25, -0.2) is 9.59 Å². The van der Waals surface area contributed by atoms with E-state index in [9.17, 15) is 14.4 Å². The lowest BCUT2D eigenvalue weighted by Crippen LogP contribution is -2.39. The third-order valence-corrected chi connectivity index (χ3v) is 6.42. The molecule has 4 N–H and O–H groups in total. The fourth-order valence-electron chi connectivity index (χ4n) is 3.72. The van der Waals surface area contributed by atoms with E-state index < -0.39 is 17.6 Å². The van der Waals surface area contributed by atoms with Crippen molar-refractivity contribution in [2.24, 2.45) is 0 Å². The number of nitrogens with one attached hydrogen (secondary N) is 4. The second kappa shape index (κ2) is 14.4. The second-order valence-electron chi connectivity index (χ2n) is 10.5. The van der Waals surface area contributed by atoms with Gasteiger partial charge in [0, 0.05) is 23.5 Å². The van der Waals surface area contributed by atoms with Crippen LogP contribution in [0.25, 0.3) is 0 Å². The molecule has 0 aliphatic carbocycles. The number of pyridine rings is 1. The molecule has 0 fully saturated rings. The summed E-state index contributed by atoms with van der Waals surface area (Å²) in [6.45, 7) is 6.59. The Morgan fingerprint density at radius 2 is 1.70 bits per heavy atom. The van der Waals surface area contributed by atoms with Crippen LogP contribution in [0.15, 0.2) is 59.4 Å². The first-order chi connectivity index (χ1) is 19.0. The summed E-state index contributed by atoms with van der Waals surface area (Å²) in [5.41, 5.74) is 2.40. The maximum atomic E-state index is 12.9. The van der Waals surface area contributed by atoms with E-state index in [-0.39, 0.29) is 17.8 Å². The number of hydrogen-bond acceptors (Lipinski definition) is 7. The van der Waals surface area contributed by atoms with Crippen molar-refractivity contribution in [1.82, 2.24) is 20.5 Å². The summed E-state index contributed by atoms with van der Waals surface area (Å²) in [6, 6.07) is 12.8. The molecule has 11 heteroatoms. The van der Waals surface area contributed by atoms with Crippen LogP contribution in [0, 0.1) is 0 Å². The smallest absolute Gasteiger partial charge is 0.412 e. The lowest BCUT2D eigenvalue weighted by atomic mass is 10.1. The van der Waals surface area contributed by atoms with Crippen LogP contribution < -0.4 is 21.3 Å². The molecular formula is C29H38N6O4S. The standard InChI is InChI=1S/C29H38N6O4S/c1-29(2,3)39-28(38)34-25-19-40-18-24(25)32-26(36)23-12-11-21(17-31-23)22(14-16-35(4)5)33-27(37)30-15-13-20-9-7-6-8-10-20/h6-12,17-19,22H,13-16H2,1-5H3,(H,32,36)(H,34,38)(H2,30,33,37). The molecule has 3 aromatic rings. The zero-order valence-corrected chi connectivity index (χ0v) is 24.4. The summed E-state index contributed by atoms with van der Waals surface area (Å²) in [7, 11) is 3.94. The van der Waals surface area contributed by atoms with Gasteiger partial charge in [-0.05, 0) is 71.4 Å². The van der Waals surface area contributed by atoms with Crippen LogP contribution in [-0.2, 0) is 11.2 Å². The molecule has 0 aliphatic heterocycles. The number of urea groups is 1. The minimum Gasteiger partial charge on any atom is -0.444 e. The van der Waals surface area contributed by atoms with Gasteiger partial charge in [0.1, 0.15) is 11.3 Å². The highest BCUT2D eigenvalue weighted by Crippen LogP contribution is 2.28. The molecule has 3 rings (SSSR count).